The van der Waals surface area contributed by atoms with Crippen molar-refractivity contribution in [1.82, 2.24) is 9.80 Å². The lowest BCUT2D eigenvalue weighted by molar-refractivity contribution is -0.384. The number of hydrogen-bond acceptors (Lipinski definition) is 5. The Labute approximate surface area is 230 Å². The van der Waals surface area contributed by atoms with Crippen LogP contribution in [0.25, 0.3) is 0 Å². The first kappa shape index (κ1) is 26.9. The summed E-state index contributed by atoms with van der Waals surface area (Å²) in [6.45, 7) is 3.74. The molecule has 2 atom stereocenters. The summed E-state index contributed by atoms with van der Waals surface area (Å²) in [5, 5.41) is 11.1. The molecule has 2 aliphatic rings. The van der Waals surface area contributed by atoms with Gasteiger partial charge in [0, 0.05) is 56.7 Å². The molecular weight excluding hydrogens is 490 g/mol. The largest absolute Gasteiger partial charge is 0.497 e. The Morgan fingerprint density at radius 2 is 1.72 bits per heavy atom. The Bertz CT molecular complexity index is 1260. The van der Waals surface area contributed by atoms with Gasteiger partial charge >= 0.3 is 0 Å². The maximum Gasteiger partial charge on any atom is 0.269 e. The SMILES string of the molecule is COc1cccc(C2CN(Cc3ccc([N+](=O)[O-])cc3)CC2CN(Cc2ccccc2)C(=O)C2CCCC2)c1. The molecule has 7 nitrogen and oxygen atoms in total. The van der Waals surface area contributed by atoms with E-state index in [4.69, 9.17) is 4.74 Å². The van der Waals surface area contributed by atoms with Crippen molar-refractivity contribution in [3.63, 3.8) is 0 Å². The Morgan fingerprint density at radius 1 is 0.974 bits per heavy atom. The highest BCUT2D eigenvalue weighted by molar-refractivity contribution is 5.79. The first-order chi connectivity index (χ1) is 19.0. The summed E-state index contributed by atoms with van der Waals surface area (Å²) in [6.07, 6.45) is 4.24. The number of carbonyl (C=O) groups is 1. The third kappa shape index (κ3) is 6.66. The van der Waals surface area contributed by atoms with Crippen LogP contribution < -0.4 is 4.74 Å². The number of methoxy groups -OCH3 is 1. The van der Waals surface area contributed by atoms with Gasteiger partial charge in [0.15, 0.2) is 0 Å². The van der Waals surface area contributed by atoms with Crippen LogP contribution in [0.5, 0.6) is 5.75 Å². The van der Waals surface area contributed by atoms with Crippen LogP contribution >= 0.6 is 0 Å². The van der Waals surface area contributed by atoms with E-state index in [1.54, 1.807) is 19.2 Å². The highest BCUT2D eigenvalue weighted by Crippen LogP contribution is 2.37. The Hall–Kier alpha value is -3.71. The van der Waals surface area contributed by atoms with E-state index >= 15 is 0 Å². The monoisotopic (exact) mass is 527 g/mol. The van der Waals surface area contributed by atoms with E-state index in [2.05, 4.69) is 34.1 Å². The third-order valence-electron chi connectivity index (χ3n) is 8.28. The molecular formula is C32H37N3O4. The highest BCUT2D eigenvalue weighted by atomic mass is 16.6. The second-order valence-corrected chi connectivity index (χ2v) is 10.9. The fourth-order valence-corrected chi connectivity index (χ4v) is 6.26. The number of nitro groups is 1. The van der Waals surface area contributed by atoms with Crippen molar-refractivity contribution in [1.29, 1.82) is 0 Å². The summed E-state index contributed by atoms with van der Waals surface area (Å²) < 4.78 is 5.54. The molecule has 0 spiro atoms. The zero-order chi connectivity index (χ0) is 27.2. The summed E-state index contributed by atoms with van der Waals surface area (Å²) in [7, 11) is 1.69. The van der Waals surface area contributed by atoms with Crippen LogP contribution in [0.4, 0.5) is 5.69 Å². The van der Waals surface area contributed by atoms with E-state index in [9.17, 15) is 14.9 Å². The second-order valence-electron chi connectivity index (χ2n) is 10.9. The first-order valence-electron chi connectivity index (χ1n) is 13.9. The molecule has 1 saturated carbocycles. The number of hydrogen-bond donors (Lipinski definition) is 0. The summed E-state index contributed by atoms with van der Waals surface area (Å²) in [5.41, 5.74) is 3.53. The van der Waals surface area contributed by atoms with Gasteiger partial charge in [-0.1, -0.05) is 67.4 Å². The number of non-ortho nitro benzene ring substituents is 1. The quantitative estimate of drug-likeness (QED) is 0.237. The predicted octanol–water partition coefficient (Wildman–Crippen LogP) is 6.04. The number of carbonyl (C=O) groups excluding carboxylic acids is 1. The number of amides is 1. The second kappa shape index (κ2) is 12.4. The molecule has 1 saturated heterocycles. The van der Waals surface area contributed by atoms with Gasteiger partial charge < -0.3 is 9.64 Å². The highest BCUT2D eigenvalue weighted by Gasteiger charge is 2.37. The van der Waals surface area contributed by atoms with Gasteiger partial charge in [0.25, 0.3) is 5.69 Å². The molecule has 39 heavy (non-hydrogen) atoms. The molecule has 0 aromatic heterocycles. The summed E-state index contributed by atoms with van der Waals surface area (Å²) in [6, 6.07) is 25.4. The van der Waals surface area contributed by atoms with Crippen molar-refractivity contribution in [2.45, 2.75) is 44.7 Å². The normalized spacial score (nSPS) is 19.7. The maximum absolute atomic E-state index is 13.8. The summed E-state index contributed by atoms with van der Waals surface area (Å²) in [5.74, 6) is 1.75. The molecule has 0 bridgehead atoms. The zero-order valence-corrected chi connectivity index (χ0v) is 22.6. The molecule has 1 aliphatic heterocycles. The van der Waals surface area contributed by atoms with Crippen molar-refractivity contribution >= 4 is 11.6 Å². The van der Waals surface area contributed by atoms with Gasteiger partial charge in [-0.25, -0.2) is 0 Å². The molecule has 1 amide bonds. The van der Waals surface area contributed by atoms with Gasteiger partial charge in [-0.05, 0) is 47.6 Å². The maximum atomic E-state index is 13.8. The number of nitrogens with zero attached hydrogens (tertiary/aromatic N) is 3. The number of benzene rings is 3. The fourth-order valence-electron chi connectivity index (χ4n) is 6.26. The Morgan fingerprint density at radius 3 is 2.41 bits per heavy atom. The van der Waals surface area contributed by atoms with E-state index in [1.165, 1.54) is 5.56 Å². The van der Waals surface area contributed by atoms with Crippen LogP contribution in [0, 0.1) is 22.0 Å². The van der Waals surface area contributed by atoms with Crippen LogP contribution in [0.1, 0.15) is 48.3 Å². The predicted molar refractivity (Wildman–Crippen MR) is 151 cm³/mol. The van der Waals surface area contributed by atoms with E-state index in [1.807, 2.05) is 42.5 Å². The van der Waals surface area contributed by atoms with Gasteiger partial charge in [-0.2, -0.15) is 0 Å². The molecule has 5 rings (SSSR count). The van der Waals surface area contributed by atoms with Crippen LogP contribution in [-0.4, -0.2) is 47.4 Å². The minimum absolute atomic E-state index is 0.106. The first-order valence-corrected chi connectivity index (χ1v) is 13.9. The minimum Gasteiger partial charge on any atom is -0.497 e. The lowest BCUT2D eigenvalue weighted by Crippen LogP contribution is -2.40. The molecule has 2 fully saturated rings. The van der Waals surface area contributed by atoms with Crippen LogP contribution in [0.2, 0.25) is 0 Å². The van der Waals surface area contributed by atoms with Crippen molar-refractivity contribution < 1.29 is 14.5 Å². The summed E-state index contributed by atoms with van der Waals surface area (Å²) >= 11 is 0. The fraction of sp³-hybridized carbons (Fsp3) is 0.406. The smallest absolute Gasteiger partial charge is 0.269 e. The lowest BCUT2D eigenvalue weighted by Gasteiger charge is -2.31. The summed E-state index contributed by atoms with van der Waals surface area (Å²) in [4.78, 5) is 29.0. The minimum atomic E-state index is -0.364. The van der Waals surface area contributed by atoms with Crippen molar-refractivity contribution in [2.24, 2.45) is 11.8 Å². The number of rotatable bonds is 10. The molecule has 1 heterocycles. The van der Waals surface area contributed by atoms with Crippen molar-refractivity contribution in [3.8, 4) is 5.75 Å². The standard InChI is InChI=1S/C32H37N3O4/c1-39-30-13-7-12-27(18-30)31-23-33(19-25-14-16-29(17-15-25)35(37)38)21-28(31)22-34(20-24-8-3-2-4-9-24)32(36)26-10-5-6-11-26/h2-4,7-9,12-18,26,28,31H,5-6,10-11,19-23H2,1H3. The van der Waals surface area contributed by atoms with Crippen LogP contribution in [0.15, 0.2) is 78.9 Å². The number of nitro benzene ring substituents is 1. The molecule has 0 radical (unpaired) electrons. The average Bonchev–Trinajstić information content (AvgIpc) is 3.64. The van der Waals surface area contributed by atoms with Gasteiger partial charge in [0.2, 0.25) is 5.91 Å². The Balaban J connectivity index is 1.39. The topological polar surface area (TPSA) is 75.9 Å². The number of ether oxygens (including phenoxy) is 1. The van der Waals surface area contributed by atoms with Crippen molar-refractivity contribution in [2.75, 3.05) is 26.7 Å². The molecule has 7 heteroatoms. The molecule has 204 valence electrons. The van der Waals surface area contributed by atoms with E-state index in [0.717, 1.165) is 55.6 Å². The third-order valence-corrected chi connectivity index (χ3v) is 8.28. The Kier molecular flexibility index (Phi) is 8.57. The van der Waals surface area contributed by atoms with Crippen LogP contribution in [-0.2, 0) is 17.9 Å². The molecule has 2 unspecified atom stereocenters. The molecule has 0 N–H and O–H groups in total. The van der Waals surface area contributed by atoms with E-state index < -0.39 is 0 Å². The molecule has 3 aromatic rings. The molecule has 3 aromatic carbocycles. The van der Waals surface area contributed by atoms with Gasteiger partial charge in [0.1, 0.15) is 5.75 Å². The van der Waals surface area contributed by atoms with E-state index in [-0.39, 0.29) is 34.3 Å². The zero-order valence-electron chi connectivity index (χ0n) is 22.6. The van der Waals surface area contributed by atoms with Crippen LogP contribution in [0.3, 0.4) is 0 Å². The number of likely N-dealkylation sites (tertiary alicyclic amines) is 1. The van der Waals surface area contributed by atoms with Gasteiger partial charge in [-0.15, -0.1) is 0 Å². The average molecular weight is 528 g/mol. The molecule has 1 aliphatic carbocycles. The van der Waals surface area contributed by atoms with Gasteiger partial charge in [-0.3, -0.25) is 19.8 Å². The van der Waals surface area contributed by atoms with Gasteiger partial charge in [0.05, 0.1) is 12.0 Å². The lowest BCUT2D eigenvalue weighted by atomic mass is 9.88. The van der Waals surface area contributed by atoms with E-state index in [0.29, 0.717) is 19.6 Å². The van der Waals surface area contributed by atoms with Crippen molar-refractivity contribution in [3.05, 3.63) is 106 Å².